The lowest BCUT2D eigenvalue weighted by Crippen LogP contribution is -2.70. The maximum atomic E-state index is 14.0. The largest absolute Gasteiger partial charge is 0.508 e. The van der Waals surface area contributed by atoms with Gasteiger partial charge in [-0.05, 0) is 126 Å². The molecule has 3 saturated carbocycles. The fourth-order valence-electron chi connectivity index (χ4n) is 10.4. The van der Waals surface area contributed by atoms with E-state index in [-0.39, 0.29) is 23.5 Å². The zero-order valence-corrected chi connectivity index (χ0v) is 22.0. The van der Waals surface area contributed by atoms with Gasteiger partial charge in [-0.25, -0.2) is 4.79 Å². The van der Waals surface area contributed by atoms with Crippen molar-refractivity contribution in [3.05, 3.63) is 29.3 Å². The van der Waals surface area contributed by atoms with Crippen LogP contribution in [0, 0.1) is 23.2 Å². The number of carbonyl (C=O) groups is 1. The molecule has 4 aliphatic carbocycles. The maximum Gasteiger partial charge on any atom is 0.320 e. The molecular formula is C30H43N3O2. The third-order valence-electron chi connectivity index (χ3n) is 11.4. The molecule has 0 radical (unpaired) electrons. The molecule has 2 saturated heterocycles. The van der Waals surface area contributed by atoms with Gasteiger partial charge in [-0.3, -0.25) is 4.90 Å². The number of phenolic OH excluding ortho intramolecular Hbond substituents is 1. The van der Waals surface area contributed by atoms with E-state index in [2.05, 4.69) is 54.5 Å². The highest BCUT2D eigenvalue weighted by Crippen LogP contribution is 2.75. The fourth-order valence-corrected chi connectivity index (χ4v) is 10.4. The van der Waals surface area contributed by atoms with E-state index >= 15 is 0 Å². The van der Waals surface area contributed by atoms with E-state index in [9.17, 15) is 9.90 Å². The monoisotopic (exact) mass is 477 g/mol. The van der Waals surface area contributed by atoms with Crippen molar-refractivity contribution >= 4 is 6.03 Å². The Hall–Kier alpha value is -1.75. The molecule has 7 rings (SSSR count). The average Bonchev–Trinajstić information content (AvgIpc) is 3.48. The van der Waals surface area contributed by atoms with E-state index < -0.39 is 0 Å². The van der Waals surface area contributed by atoms with E-state index in [1.165, 1.54) is 56.3 Å². The SMILES string of the molecule is CC(C)N(C(=O)N1C[C@H]2CC34CCC1C2C31CCN(CC2CC2)C4Cc2ccc(O)cc21)C(C)C. The highest BCUT2D eigenvalue weighted by Gasteiger charge is 2.76. The number of rotatable bonds is 4. The molecule has 0 spiro atoms. The van der Waals surface area contributed by atoms with E-state index in [0.717, 1.165) is 25.3 Å². The standard InChI is InChI=1S/C30H43N3O2/c1-18(2)33(19(3)4)28(35)32-17-22-15-29-10-9-25(32)27(22)30(29)11-12-31(16-20-5-6-20)26(29)13-21-7-8-23(34)14-24(21)30/h7-8,14,18-20,22,25-27,34H,5-6,9-13,15-17H2,1-4H3/t22-,25?,26?,27?,29?,30?/m1/s1. The van der Waals surface area contributed by atoms with Gasteiger partial charge in [0, 0.05) is 42.7 Å². The molecule has 2 amide bonds. The zero-order chi connectivity index (χ0) is 24.3. The quantitative estimate of drug-likeness (QED) is 0.663. The number of likely N-dealkylation sites (tertiary alicyclic amines) is 2. The van der Waals surface area contributed by atoms with E-state index in [1.807, 2.05) is 6.07 Å². The van der Waals surface area contributed by atoms with Gasteiger partial charge in [-0.15, -0.1) is 0 Å². The molecule has 5 heteroatoms. The fraction of sp³-hybridized carbons (Fsp3) is 0.767. The first-order valence-corrected chi connectivity index (χ1v) is 14.4. The molecule has 1 aromatic rings. The number of carbonyl (C=O) groups excluding carboxylic acids is 1. The maximum absolute atomic E-state index is 14.0. The van der Waals surface area contributed by atoms with Gasteiger partial charge in [0.1, 0.15) is 5.75 Å². The van der Waals surface area contributed by atoms with Crippen LogP contribution < -0.4 is 0 Å². The Kier molecular flexibility index (Phi) is 4.74. The Morgan fingerprint density at radius 2 is 1.91 bits per heavy atom. The Balaban J connectivity index is 1.32. The Morgan fingerprint density at radius 1 is 1.14 bits per heavy atom. The van der Waals surface area contributed by atoms with Gasteiger partial charge in [0.25, 0.3) is 0 Å². The van der Waals surface area contributed by atoms with Gasteiger partial charge in [0.05, 0.1) is 0 Å². The van der Waals surface area contributed by atoms with Crippen LogP contribution in [0.1, 0.15) is 77.3 Å². The summed E-state index contributed by atoms with van der Waals surface area (Å²) < 4.78 is 0. The summed E-state index contributed by atoms with van der Waals surface area (Å²) >= 11 is 0. The van der Waals surface area contributed by atoms with Crippen LogP contribution >= 0.6 is 0 Å². The summed E-state index contributed by atoms with van der Waals surface area (Å²) in [4.78, 5) is 21.3. The molecule has 4 bridgehead atoms. The van der Waals surface area contributed by atoms with Crippen molar-refractivity contribution in [2.24, 2.45) is 23.2 Å². The van der Waals surface area contributed by atoms with Crippen LogP contribution in [0.4, 0.5) is 4.79 Å². The summed E-state index contributed by atoms with van der Waals surface area (Å²) in [6.07, 6.45) is 8.83. The van der Waals surface area contributed by atoms with Crippen molar-refractivity contribution in [2.45, 2.75) is 102 Å². The molecule has 5 unspecified atom stereocenters. The summed E-state index contributed by atoms with van der Waals surface area (Å²) in [5.74, 6) is 2.46. The summed E-state index contributed by atoms with van der Waals surface area (Å²) in [5.41, 5.74) is 3.36. The molecular weight excluding hydrogens is 434 g/mol. The smallest absolute Gasteiger partial charge is 0.320 e. The Bertz CT molecular complexity index is 1040. The number of nitrogens with zero attached hydrogens (tertiary/aromatic N) is 3. The first kappa shape index (κ1) is 22.4. The molecule has 1 aromatic carbocycles. The van der Waals surface area contributed by atoms with Crippen LogP contribution in [0.25, 0.3) is 0 Å². The molecule has 0 aromatic heterocycles. The lowest BCUT2D eigenvalue weighted by atomic mass is 9.43. The zero-order valence-electron chi connectivity index (χ0n) is 22.0. The second kappa shape index (κ2) is 7.40. The molecule has 5 nitrogen and oxygen atoms in total. The van der Waals surface area contributed by atoms with Crippen LogP contribution in [0.3, 0.4) is 0 Å². The lowest BCUT2D eigenvalue weighted by molar-refractivity contribution is -0.102. The highest BCUT2D eigenvalue weighted by molar-refractivity contribution is 5.76. The molecule has 5 fully saturated rings. The van der Waals surface area contributed by atoms with Crippen molar-refractivity contribution in [1.29, 1.82) is 0 Å². The first-order chi connectivity index (χ1) is 16.8. The highest BCUT2D eigenvalue weighted by atomic mass is 16.3. The van der Waals surface area contributed by atoms with Crippen LogP contribution in [-0.2, 0) is 11.8 Å². The number of piperidine rings is 1. The number of phenols is 1. The Labute approximate surface area is 210 Å². The predicted molar refractivity (Wildman–Crippen MR) is 137 cm³/mol. The van der Waals surface area contributed by atoms with Crippen LogP contribution in [-0.4, -0.2) is 69.6 Å². The minimum atomic E-state index is 0.118. The number of fused-ring (bicyclic) bond motifs is 1. The number of aromatic hydroxyl groups is 1. The van der Waals surface area contributed by atoms with E-state index in [1.54, 1.807) is 0 Å². The second-order valence-electron chi connectivity index (χ2n) is 13.5. The van der Waals surface area contributed by atoms with Crippen LogP contribution in [0.5, 0.6) is 5.75 Å². The first-order valence-electron chi connectivity index (χ1n) is 14.4. The molecule has 1 N–H and O–H groups in total. The van der Waals surface area contributed by atoms with E-state index in [4.69, 9.17) is 0 Å². The van der Waals surface area contributed by atoms with Crippen LogP contribution in [0.15, 0.2) is 18.2 Å². The Morgan fingerprint density at radius 3 is 2.63 bits per heavy atom. The number of hydrogen-bond acceptors (Lipinski definition) is 3. The van der Waals surface area contributed by atoms with Gasteiger partial charge in [0.2, 0.25) is 0 Å². The third-order valence-corrected chi connectivity index (χ3v) is 11.4. The number of benzene rings is 1. The molecule has 6 aliphatic rings. The molecule has 190 valence electrons. The van der Waals surface area contributed by atoms with Crippen molar-refractivity contribution in [3.8, 4) is 5.75 Å². The third kappa shape index (κ3) is 2.82. The van der Waals surface area contributed by atoms with Gasteiger partial charge in [0.15, 0.2) is 0 Å². The minimum Gasteiger partial charge on any atom is -0.508 e. The second-order valence-corrected chi connectivity index (χ2v) is 13.5. The summed E-state index contributed by atoms with van der Waals surface area (Å²) in [5, 5.41) is 10.6. The van der Waals surface area contributed by atoms with Crippen LogP contribution in [0.2, 0.25) is 0 Å². The summed E-state index contributed by atoms with van der Waals surface area (Å²) in [6, 6.07) is 7.93. The van der Waals surface area contributed by atoms with E-state index in [0.29, 0.717) is 35.1 Å². The molecule has 6 atom stereocenters. The lowest BCUT2D eigenvalue weighted by Gasteiger charge is -2.66. The van der Waals surface area contributed by atoms with Crippen molar-refractivity contribution in [1.82, 2.24) is 14.7 Å². The molecule has 35 heavy (non-hydrogen) atoms. The average molecular weight is 478 g/mol. The van der Waals surface area contributed by atoms with Gasteiger partial charge >= 0.3 is 6.03 Å². The minimum absolute atomic E-state index is 0.118. The van der Waals surface area contributed by atoms with Crippen molar-refractivity contribution in [3.63, 3.8) is 0 Å². The van der Waals surface area contributed by atoms with Gasteiger partial charge in [-0.2, -0.15) is 0 Å². The normalized spacial score (nSPS) is 39.2. The molecule has 2 heterocycles. The topological polar surface area (TPSA) is 47.0 Å². The van der Waals surface area contributed by atoms with Crippen molar-refractivity contribution in [2.75, 3.05) is 19.6 Å². The molecule has 2 aliphatic heterocycles. The predicted octanol–water partition coefficient (Wildman–Crippen LogP) is 5.01. The number of urea groups is 1. The summed E-state index contributed by atoms with van der Waals surface area (Å²) in [7, 11) is 0. The van der Waals surface area contributed by atoms with Crippen molar-refractivity contribution < 1.29 is 9.90 Å². The number of hydrogen-bond donors (Lipinski definition) is 1. The number of amides is 2. The summed E-state index contributed by atoms with van der Waals surface area (Å²) in [6.45, 7) is 12.0. The van der Waals surface area contributed by atoms with Gasteiger partial charge in [-0.1, -0.05) is 6.07 Å². The van der Waals surface area contributed by atoms with Gasteiger partial charge < -0.3 is 14.9 Å².